The van der Waals surface area contributed by atoms with Crippen molar-refractivity contribution in [2.24, 2.45) is 0 Å². The highest BCUT2D eigenvalue weighted by molar-refractivity contribution is 5.78. The molecule has 0 bridgehead atoms. The standard InChI is InChI=1S/C17H27N3O/c1-14(15-8-5-4-6-9-15)20(3)17(21)13-19(2)12-16-10-7-11-18-16/h4-6,8-9,14,16,18H,7,10-13H2,1-3H3. The average molecular weight is 289 g/mol. The van der Waals surface area contributed by atoms with Crippen LogP contribution < -0.4 is 5.32 Å². The van der Waals surface area contributed by atoms with Crippen LogP contribution in [-0.4, -0.2) is 55.5 Å². The topological polar surface area (TPSA) is 35.6 Å². The summed E-state index contributed by atoms with van der Waals surface area (Å²) in [6.45, 7) is 4.61. The number of nitrogens with zero attached hydrogens (tertiary/aromatic N) is 2. The Hall–Kier alpha value is -1.39. The minimum Gasteiger partial charge on any atom is -0.338 e. The van der Waals surface area contributed by atoms with Gasteiger partial charge in [0.2, 0.25) is 5.91 Å². The second-order valence-electron chi connectivity index (χ2n) is 6.08. The van der Waals surface area contributed by atoms with Crippen molar-refractivity contribution >= 4 is 5.91 Å². The number of nitrogens with one attached hydrogen (secondary N) is 1. The first-order valence-electron chi connectivity index (χ1n) is 7.80. The molecule has 2 unspecified atom stereocenters. The van der Waals surface area contributed by atoms with Gasteiger partial charge in [-0.05, 0) is 38.9 Å². The molecule has 0 aromatic heterocycles. The zero-order valence-corrected chi connectivity index (χ0v) is 13.4. The largest absolute Gasteiger partial charge is 0.338 e. The van der Waals surface area contributed by atoms with Crippen LogP contribution in [0, 0.1) is 0 Å². The third-order valence-corrected chi connectivity index (χ3v) is 4.36. The van der Waals surface area contributed by atoms with Crippen molar-refractivity contribution in [3.8, 4) is 0 Å². The van der Waals surface area contributed by atoms with Crippen molar-refractivity contribution in [3.05, 3.63) is 35.9 Å². The summed E-state index contributed by atoms with van der Waals surface area (Å²) in [5.74, 6) is 0.173. The molecule has 4 heteroatoms. The lowest BCUT2D eigenvalue weighted by atomic mass is 10.1. The van der Waals surface area contributed by atoms with Crippen LogP contribution in [0.5, 0.6) is 0 Å². The van der Waals surface area contributed by atoms with Crippen molar-refractivity contribution < 1.29 is 4.79 Å². The Morgan fingerprint density at radius 1 is 1.33 bits per heavy atom. The first kappa shape index (κ1) is 16.0. The van der Waals surface area contributed by atoms with Crippen LogP contribution >= 0.6 is 0 Å². The van der Waals surface area contributed by atoms with E-state index >= 15 is 0 Å². The number of hydrogen-bond donors (Lipinski definition) is 1. The van der Waals surface area contributed by atoms with Gasteiger partial charge in [0, 0.05) is 19.6 Å². The maximum atomic E-state index is 12.4. The van der Waals surface area contributed by atoms with Crippen molar-refractivity contribution in [3.63, 3.8) is 0 Å². The number of rotatable bonds is 6. The average Bonchev–Trinajstić information content (AvgIpc) is 2.99. The number of hydrogen-bond acceptors (Lipinski definition) is 3. The molecule has 1 N–H and O–H groups in total. The SMILES string of the molecule is CC(c1ccccc1)N(C)C(=O)CN(C)CC1CCCN1. The van der Waals surface area contributed by atoms with E-state index < -0.39 is 0 Å². The number of carbonyl (C=O) groups is 1. The predicted molar refractivity (Wildman–Crippen MR) is 86.1 cm³/mol. The maximum Gasteiger partial charge on any atom is 0.236 e. The summed E-state index contributed by atoms with van der Waals surface area (Å²) in [6.07, 6.45) is 2.46. The fraction of sp³-hybridized carbons (Fsp3) is 0.588. The molecule has 0 aliphatic carbocycles. The van der Waals surface area contributed by atoms with E-state index in [1.807, 2.05) is 37.2 Å². The summed E-state index contributed by atoms with van der Waals surface area (Å²) >= 11 is 0. The van der Waals surface area contributed by atoms with E-state index in [1.165, 1.54) is 18.4 Å². The fourth-order valence-electron chi connectivity index (χ4n) is 2.87. The molecule has 1 saturated heterocycles. The quantitative estimate of drug-likeness (QED) is 0.868. The third-order valence-electron chi connectivity index (χ3n) is 4.36. The van der Waals surface area contributed by atoms with Crippen molar-refractivity contribution in [1.82, 2.24) is 15.1 Å². The Morgan fingerprint density at radius 3 is 2.67 bits per heavy atom. The van der Waals surface area contributed by atoms with E-state index in [2.05, 4.69) is 29.3 Å². The molecule has 1 aromatic rings. The summed E-state index contributed by atoms with van der Waals surface area (Å²) < 4.78 is 0. The van der Waals surface area contributed by atoms with Gasteiger partial charge < -0.3 is 10.2 Å². The molecular formula is C17H27N3O. The zero-order chi connectivity index (χ0) is 15.2. The van der Waals surface area contributed by atoms with E-state index in [9.17, 15) is 4.79 Å². The number of benzene rings is 1. The molecule has 0 spiro atoms. The Morgan fingerprint density at radius 2 is 2.05 bits per heavy atom. The van der Waals surface area contributed by atoms with E-state index in [1.54, 1.807) is 0 Å². The van der Waals surface area contributed by atoms with Crippen molar-refractivity contribution in [2.45, 2.75) is 31.8 Å². The molecule has 1 fully saturated rings. The third kappa shape index (κ3) is 4.55. The van der Waals surface area contributed by atoms with Gasteiger partial charge in [0.15, 0.2) is 0 Å². The highest BCUT2D eigenvalue weighted by Crippen LogP contribution is 2.18. The molecule has 1 aliphatic heterocycles. The summed E-state index contributed by atoms with van der Waals surface area (Å²) in [5.41, 5.74) is 1.17. The van der Waals surface area contributed by atoms with E-state index in [-0.39, 0.29) is 11.9 Å². The Balaban J connectivity index is 1.84. The summed E-state index contributed by atoms with van der Waals surface area (Å²) in [6, 6.07) is 10.8. The minimum absolute atomic E-state index is 0.108. The molecule has 1 amide bonds. The first-order valence-corrected chi connectivity index (χ1v) is 7.80. The molecule has 1 aromatic carbocycles. The van der Waals surface area contributed by atoms with E-state index in [0.717, 1.165) is 13.1 Å². The van der Waals surface area contributed by atoms with Crippen LogP contribution in [0.3, 0.4) is 0 Å². The van der Waals surface area contributed by atoms with E-state index in [4.69, 9.17) is 0 Å². The van der Waals surface area contributed by atoms with Gasteiger partial charge >= 0.3 is 0 Å². The van der Waals surface area contributed by atoms with Crippen LogP contribution in [-0.2, 0) is 4.79 Å². The van der Waals surface area contributed by atoms with Crippen LogP contribution in [0.25, 0.3) is 0 Å². The van der Waals surface area contributed by atoms with Gasteiger partial charge in [-0.2, -0.15) is 0 Å². The number of amides is 1. The summed E-state index contributed by atoms with van der Waals surface area (Å²) in [5, 5.41) is 3.47. The van der Waals surface area contributed by atoms with Crippen molar-refractivity contribution in [1.29, 1.82) is 0 Å². The number of likely N-dealkylation sites (N-methyl/N-ethyl adjacent to an activating group) is 2. The van der Waals surface area contributed by atoms with E-state index in [0.29, 0.717) is 12.6 Å². The molecule has 2 atom stereocenters. The summed E-state index contributed by atoms with van der Waals surface area (Å²) in [4.78, 5) is 16.4. The molecule has 21 heavy (non-hydrogen) atoms. The van der Waals surface area contributed by atoms with Gasteiger partial charge in [-0.15, -0.1) is 0 Å². The van der Waals surface area contributed by atoms with Gasteiger partial charge in [0.05, 0.1) is 12.6 Å². The smallest absolute Gasteiger partial charge is 0.236 e. The highest BCUT2D eigenvalue weighted by atomic mass is 16.2. The molecule has 0 saturated carbocycles. The molecule has 1 heterocycles. The lowest BCUT2D eigenvalue weighted by Gasteiger charge is -2.28. The van der Waals surface area contributed by atoms with Gasteiger partial charge in [-0.3, -0.25) is 9.69 Å². The second-order valence-corrected chi connectivity index (χ2v) is 6.08. The lowest BCUT2D eigenvalue weighted by Crippen LogP contribution is -2.42. The van der Waals surface area contributed by atoms with Crippen LogP contribution in [0.4, 0.5) is 0 Å². The maximum absolute atomic E-state index is 12.4. The lowest BCUT2D eigenvalue weighted by molar-refractivity contribution is -0.132. The van der Waals surface area contributed by atoms with Crippen molar-refractivity contribution in [2.75, 3.05) is 33.7 Å². The Bertz CT molecular complexity index is 443. The van der Waals surface area contributed by atoms with Crippen LogP contribution in [0.2, 0.25) is 0 Å². The van der Waals surface area contributed by atoms with Gasteiger partial charge in [0.25, 0.3) is 0 Å². The van der Waals surface area contributed by atoms with Crippen LogP contribution in [0.1, 0.15) is 31.4 Å². The zero-order valence-electron chi connectivity index (χ0n) is 13.4. The monoisotopic (exact) mass is 289 g/mol. The molecular weight excluding hydrogens is 262 g/mol. The highest BCUT2D eigenvalue weighted by Gasteiger charge is 2.21. The molecule has 1 aliphatic rings. The predicted octanol–water partition coefficient (Wildman–Crippen LogP) is 1.89. The first-order chi connectivity index (χ1) is 10.1. The summed E-state index contributed by atoms with van der Waals surface area (Å²) in [7, 11) is 3.92. The minimum atomic E-state index is 0.108. The molecule has 2 rings (SSSR count). The van der Waals surface area contributed by atoms with Gasteiger partial charge in [-0.25, -0.2) is 0 Å². The van der Waals surface area contributed by atoms with Crippen LogP contribution in [0.15, 0.2) is 30.3 Å². The molecule has 4 nitrogen and oxygen atoms in total. The second kappa shape index (κ2) is 7.57. The fourth-order valence-corrected chi connectivity index (χ4v) is 2.87. The number of carbonyl (C=O) groups excluding carboxylic acids is 1. The Kier molecular flexibility index (Phi) is 5.76. The van der Waals surface area contributed by atoms with Gasteiger partial charge in [0.1, 0.15) is 0 Å². The molecule has 0 radical (unpaired) electrons. The molecule has 116 valence electrons. The van der Waals surface area contributed by atoms with Gasteiger partial charge in [-0.1, -0.05) is 30.3 Å². The normalized spacial score (nSPS) is 19.7. The Labute approximate surface area is 128 Å².